The highest BCUT2D eigenvalue weighted by atomic mass is 32.2. The number of fused-ring (bicyclic) bond motifs is 3. The lowest BCUT2D eigenvalue weighted by atomic mass is 10.0. The summed E-state index contributed by atoms with van der Waals surface area (Å²) in [5.74, 6) is 0.362. The molecule has 8 rings (SSSR count). The average Bonchev–Trinajstić information content (AvgIpc) is 3.73. The molecule has 1 fully saturated rings. The van der Waals surface area contributed by atoms with Gasteiger partial charge in [0.05, 0.1) is 23.6 Å². The summed E-state index contributed by atoms with van der Waals surface area (Å²) >= 11 is 1.53. The van der Waals surface area contributed by atoms with Gasteiger partial charge in [-0.05, 0) is 47.7 Å². The van der Waals surface area contributed by atoms with Gasteiger partial charge in [0.2, 0.25) is 17.7 Å². The number of nitrogens with zero attached hydrogens (tertiary/aromatic N) is 6. The van der Waals surface area contributed by atoms with Crippen LogP contribution in [0.3, 0.4) is 0 Å². The Balaban J connectivity index is 0.909. The molecule has 1 saturated heterocycles. The molecule has 1 unspecified atom stereocenters. The van der Waals surface area contributed by atoms with Crippen molar-refractivity contribution in [1.82, 2.24) is 40.0 Å². The van der Waals surface area contributed by atoms with Crippen molar-refractivity contribution >= 4 is 52.1 Å². The summed E-state index contributed by atoms with van der Waals surface area (Å²) in [4.78, 5) is 81.0. The average molecular weight is 743 g/mol. The van der Waals surface area contributed by atoms with E-state index in [-0.39, 0.29) is 35.7 Å². The summed E-state index contributed by atoms with van der Waals surface area (Å²) in [7, 11) is 0. The highest BCUT2D eigenvalue weighted by Crippen LogP contribution is 2.36. The first-order chi connectivity index (χ1) is 26.2. The fourth-order valence-electron chi connectivity index (χ4n) is 7.52. The van der Waals surface area contributed by atoms with Crippen LogP contribution in [-0.4, -0.2) is 83.7 Å². The number of thioether (sulfide) groups is 1. The number of pyridine rings is 2. The van der Waals surface area contributed by atoms with Gasteiger partial charge < -0.3 is 19.7 Å². The SMILES string of the molecule is CCc1nc(-c2cccc3cc(-c4ccc(C(=O)NCCSc5cccc6c5CN(C5CCC(=O)NC5=O)C6=O)nc4)ncc23)c2n1CCN(C(C)=O)C2. The number of carbonyl (C=O) groups excluding carboxylic acids is 5. The van der Waals surface area contributed by atoms with E-state index in [1.807, 2.05) is 47.5 Å². The van der Waals surface area contributed by atoms with E-state index in [1.165, 1.54) is 16.7 Å². The van der Waals surface area contributed by atoms with Gasteiger partial charge in [-0.3, -0.25) is 39.3 Å². The zero-order valence-electron chi connectivity index (χ0n) is 29.9. The van der Waals surface area contributed by atoms with Crippen LogP contribution >= 0.6 is 11.8 Å². The van der Waals surface area contributed by atoms with Crippen molar-refractivity contribution < 1.29 is 24.0 Å². The minimum atomic E-state index is -0.668. The summed E-state index contributed by atoms with van der Waals surface area (Å²) in [6, 6.07) is 16.5. The monoisotopic (exact) mass is 742 g/mol. The summed E-state index contributed by atoms with van der Waals surface area (Å²) in [6.45, 7) is 6.30. The van der Waals surface area contributed by atoms with Crippen molar-refractivity contribution in [2.75, 3.05) is 18.8 Å². The van der Waals surface area contributed by atoms with Crippen LogP contribution in [0, 0.1) is 0 Å². The lowest BCUT2D eigenvalue weighted by molar-refractivity contribution is -0.137. The van der Waals surface area contributed by atoms with E-state index in [0.717, 1.165) is 68.2 Å². The van der Waals surface area contributed by atoms with E-state index >= 15 is 0 Å². The predicted molar refractivity (Wildman–Crippen MR) is 202 cm³/mol. The molecule has 2 aromatic carbocycles. The van der Waals surface area contributed by atoms with E-state index in [4.69, 9.17) is 9.97 Å². The van der Waals surface area contributed by atoms with Crippen LogP contribution in [-0.2, 0) is 40.4 Å². The second-order valence-electron chi connectivity index (χ2n) is 13.6. The number of hydrogen-bond donors (Lipinski definition) is 2. The van der Waals surface area contributed by atoms with E-state index in [2.05, 4.69) is 33.2 Å². The zero-order chi connectivity index (χ0) is 37.5. The molecule has 5 amide bonds. The minimum absolute atomic E-state index is 0.0556. The molecule has 13 nitrogen and oxygen atoms in total. The lowest BCUT2D eigenvalue weighted by Crippen LogP contribution is -2.52. The van der Waals surface area contributed by atoms with E-state index in [1.54, 1.807) is 25.3 Å². The van der Waals surface area contributed by atoms with Gasteiger partial charge in [-0.1, -0.05) is 31.2 Å². The smallest absolute Gasteiger partial charge is 0.269 e. The summed E-state index contributed by atoms with van der Waals surface area (Å²) in [5, 5.41) is 7.22. The van der Waals surface area contributed by atoms with Gasteiger partial charge in [-0.15, -0.1) is 11.8 Å². The topological polar surface area (TPSA) is 159 Å². The van der Waals surface area contributed by atoms with Crippen molar-refractivity contribution in [1.29, 1.82) is 0 Å². The Hall–Kier alpha value is -5.89. The molecular weight excluding hydrogens is 705 g/mol. The maximum atomic E-state index is 13.1. The number of nitrogens with one attached hydrogen (secondary N) is 2. The van der Waals surface area contributed by atoms with Crippen molar-refractivity contribution in [3.05, 3.63) is 95.3 Å². The number of aromatic nitrogens is 4. The largest absolute Gasteiger partial charge is 0.350 e. The first kappa shape index (κ1) is 35.2. The van der Waals surface area contributed by atoms with E-state index in [9.17, 15) is 24.0 Å². The standard InChI is InChI=1S/C40H38N8O5S/c1-3-35-44-37(33-22-46(23(2)49)15-16-47(33)35)26-7-4-6-24-18-31(43-20-28(24)26)25-10-11-30(42-19-25)38(51)41-14-17-54-34-9-5-8-27-29(34)21-48(40(27)53)32-12-13-36(50)45-39(32)52/h4-11,18-20,32H,3,12-17,21-22H2,1-2H3,(H,41,51)(H,45,50,52). The van der Waals surface area contributed by atoms with Gasteiger partial charge in [0, 0.05) is 91.1 Å². The number of benzene rings is 2. The van der Waals surface area contributed by atoms with Crippen molar-refractivity contribution in [3.63, 3.8) is 0 Å². The summed E-state index contributed by atoms with van der Waals surface area (Å²) in [5.41, 5.74) is 6.10. The Morgan fingerprint density at radius 1 is 0.981 bits per heavy atom. The third-order valence-corrected chi connectivity index (χ3v) is 11.4. The molecule has 0 saturated carbocycles. The van der Waals surface area contributed by atoms with E-state index in [0.29, 0.717) is 43.9 Å². The number of rotatable bonds is 9. The predicted octanol–water partition coefficient (Wildman–Crippen LogP) is 4.37. The van der Waals surface area contributed by atoms with Gasteiger partial charge in [0.25, 0.3) is 11.8 Å². The van der Waals surface area contributed by atoms with Crippen LogP contribution in [0.1, 0.15) is 64.6 Å². The van der Waals surface area contributed by atoms with Crippen LogP contribution in [0.2, 0.25) is 0 Å². The molecule has 274 valence electrons. The van der Waals surface area contributed by atoms with Crippen molar-refractivity contribution in [2.45, 2.75) is 63.7 Å². The molecular formula is C40H38N8O5S. The number of imidazole rings is 1. The highest BCUT2D eigenvalue weighted by molar-refractivity contribution is 7.99. The molecule has 14 heteroatoms. The van der Waals surface area contributed by atoms with Crippen molar-refractivity contribution in [3.8, 4) is 22.5 Å². The van der Waals surface area contributed by atoms with Gasteiger partial charge in [0.1, 0.15) is 17.6 Å². The van der Waals surface area contributed by atoms with Crippen LogP contribution in [0.4, 0.5) is 0 Å². The number of hydrogen-bond acceptors (Lipinski definition) is 9. The van der Waals surface area contributed by atoms with Gasteiger partial charge in [-0.2, -0.15) is 0 Å². The second kappa shape index (κ2) is 14.5. The first-order valence-electron chi connectivity index (χ1n) is 18.1. The summed E-state index contributed by atoms with van der Waals surface area (Å²) < 4.78 is 2.25. The third kappa shape index (κ3) is 6.50. The number of piperidine rings is 1. The molecule has 6 heterocycles. The molecule has 3 aromatic heterocycles. The fourth-order valence-corrected chi connectivity index (χ4v) is 8.47. The fraction of sp³-hybridized carbons (Fsp3) is 0.300. The quantitative estimate of drug-likeness (QED) is 0.127. The summed E-state index contributed by atoms with van der Waals surface area (Å²) in [6.07, 6.45) is 4.82. The molecule has 0 radical (unpaired) electrons. The van der Waals surface area contributed by atoms with Crippen molar-refractivity contribution in [2.24, 2.45) is 0 Å². The Bertz CT molecular complexity index is 2360. The molecule has 0 bridgehead atoms. The number of amides is 5. The van der Waals surface area contributed by atoms with Crippen LogP contribution in [0.5, 0.6) is 0 Å². The normalized spacial score (nSPS) is 16.7. The maximum absolute atomic E-state index is 13.1. The Morgan fingerprint density at radius 3 is 2.59 bits per heavy atom. The Labute approximate surface area is 315 Å². The molecule has 0 spiro atoms. The van der Waals surface area contributed by atoms with Crippen LogP contribution in [0.15, 0.2) is 71.9 Å². The molecule has 54 heavy (non-hydrogen) atoms. The third-order valence-electron chi connectivity index (χ3n) is 10.3. The molecule has 5 aromatic rings. The Morgan fingerprint density at radius 2 is 1.81 bits per heavy atom. The van der Waals surface area contributed by atoms with E-state index < -0.39 is 11.9 Å². The Kier molecular flexibility index (Phi) is 9.44. The lowest BCUT2D eigenvalue weighted by Gasteiger charge is -2.29. The number of carbonyl (C=O) groups is 5. The highest BCUT2D eigenvalue weighted by Gasteiger charge is 2.39. The minimum Gasteiger partial charge on any atom is -0.350 e. The van der Waals surface area contributed by atoms with Gasteiger partial charge in [0.15, 0.2) is 0 Å². The van der Waals surface area contributed by atoms with Crippen LogP contribution < -0.4 is 10.6 Å². The van der Waals surface area contributed by atoms with Crippen LogP contribution in [0.25, 0.3) is 33.3 Å². The molecule has 2 N–H and O–H groups in total. The maximum Gasteiger partial charge on any atom is 0.269 e. The first-order valence-corrected chi connectivity index (χ1v) is 19.1. The molecule has 1 atom stereocenters. The molecule has 3 aliphatic heterocycles. The second-order valence-corrected chi connectivity index (χ2v) is 14.7. The zero-order valence-corrected chi connectivity index (χ0v) is 30.7. The molecule has 0 aliphatic carbocycles. The number of aryl methyl sites for hydroxylation is 1. The number of imide groups is 1. The van der Waals surface area contributed by atoms with Gasteiger partial charge >= 0.3 is 0 Å². The molecule has 3 aliphatic rings. The van der Waals surface area contributed by atoms with Gasteiger partial charge in [-0.25, -0.2) is 4.98 Å².